The lowest BCUT2D eigenvalue weighted by Gasteiger charge is -2.10. The molecule has 0 spiro atoms. The zero-order valence-electron chi connectivity index (χ0n) is 13.3. The standard InChI is InChI=1S/C17H15N3O4S/c1-12-6-8-13(9-7-12)25(23,24)19-18-10-11-20-16(21)14-4-2-3-5-15(14)17(20)22/h2-10,19H,11H2,1H3/b18-10+. The minimum atomic E-state index is -3.79. The number of hydrazone groups is 1. The molecule has 0 aliphatic carbocycles. The van der Waals surface area contributed by atoms with Crippen molar-refractivity contribution in [2.75, 3.05) is 6.54 Å². The molecule has 1 heterocycles. The van der Waals surface area contributed by atoms with Gasteiger partial charge in [0.05, 0.1) is 22.6 Å². The van der Waals surface area contributed by atoms with E-state index in [1.807, 2.05) is 6.92 Å². The molecule has 0 unspecified atom stereocenters. The highest BCUT2D eigenvalue weighted by atomic mass is 32.2. The monoisotopic (exact) mass is 357 g/mol. The quantitative estimate of drug-likeness (QED) is 0.499. The molecule has 2 aromatic carbocycles. The Hall–Kier alpha value is -3.00. The molecular formula is C17H15N3O4S. The van der Waals surface area contributed by atoms with Crippen LogP contribution in [0.4, 0.5) is 0 Å². The average molecular weight is 357 g/mol. The fourth-order valence-electron chi connectivity index (χ4n) is 2.40. The van der Waals surface area contributed by atoms with E-state index < -0.39 is 21.8 Å². The van der Waals surface area contributed by atoms with Crippen molar-refractivity contribution in [2.45, 2.75) is 11.8 Å². The fourth-order valence-corrected chi connectivity index (χ4v) is 3.22. The number of imide groups is 1. The van der Waals surface area contributed by atoms with Crippen molar-refractivity contribution in [2.24, 2.45) is 5.10 Å². The third kappa shape index (κ3) is 3.29. The van der Waals surface area contributed by atoms with Crippen molar-refractivity contribution in [3.63, 3.8) is 0 Å². The van der Waals surface area contributed by atoms with Crippen molar-refractivity contribution in [1.29, 1.82) is 0 Å². The predicted molar refractivity (Wildman–Crippen MR) is 91.8 cm³/mol. The summed E-state index contributed by atoms with van der Waals surface area (Å²) in [5, 5.41) is 3.63. The van der Waals surface area contributed by atoms with Gasteiger partial charge in [-0.1, -0.05) is 29.8 Å². The molecule has 1 N–H and O–H groups in total. The first-order valence-corrected chi connectivity index (χ1v) is 8.94. The van der Waals surface area contributed by atoms with Gasteiger partial charge in [-0.25, -0.2) is 4.83 Å². The number of fused-ring (bicyclic) bond motifs is 1. The molecule has 0 atom stereocenters. The maximum atomic E-state index is 12.2. The number of hydrogen-bond donors (Lipinski definition) is 1. The number of sulfonamides is 1. The van der Waals surface area contributed by atoms with E-state index in [4.69, 9.17) is 0 Å². The first-order chi connectivity index (χ1) is 11.9. The third-order valence-electron chi connectivity index (χ3n) is 3.74. The van der Waals surface area contributed by atoms with Gasteiger partial charge < -0.3 is 0 Å². The fraction of sp³-hybridized carbons (Fsp3) is 0.118. The van der Waals surface area contributed by atoms with E-state index in [1.54, 1.807) is 36.4 Å². The molecule has 2 aromatic rings. The minimum Gasteiger partial charge on any atom is -0.269 e. The summed E-state index contributed by atoms with van der Waals surface area (Å²) in [6.07, 6.45) is 1.17. The van der Waals surface area contributed by atoms with Gasteiger partial charge in [0.25, 0.3) is 21.8 Å². The Morgan fingerprint density at radius 2 is 1.56 bits per heavy atom. The van der Waals surface area contributed by atoms with E-state index in [-0.39, 0.29) is 11.4 Å². The van der Waals surface area contributed by atoms with Crippen LogP contribution in [-0.2, 0) is 10.0 Å². The van der Waals surface area contributed by atoms with Gasteiger partial charge in [-0.05, 0) is 31.2 Å². The minimum absolute atomic E-state index is 0.0796. The van der Waals surface area contributed by atoms with Gasteiger partial charge >= 0.3 is 0 Å². The van der Waals surface area contributed by atoms with Crippen LogP contribution >= 0.6 is 0 Å². The van der Waals surface area contributed by atoms with E-state index in [0.29, 0.717) is 11.1 Å². The molecule has 0 saturated heterocycles. The molecule has 0 aromatic heterocycles. The van der Waals surface area contributed by atoms with Crippen LogP contribution in [0.15, 0.2) is 58.5 Å². The van der Waals surface area contributed by atoms with Crippen molar-refractivity contribution >= 4 is 28.1 Å². The van der Waals surface area contributed by atoms with E-state index in [0.717, 1.165) is 10.5 Å². The molecule has 0 fully saturated rings. The average Bonchev–Trinajstić information content (AvgIpc) is 2.84. The molecular weight excluding hydrogens is 342 g/mol. The molecule has 1 aliphatic heterocycles. The normalized spacial score (nSPS) is 14.2. The summed E-state index contributed by atoms with van der Waals surface area (Å²) in [4.78, 5) is 27.5. The van der Waals surface area contributed by atoms with E-state index in [2.05, 4.69) is 9.93 Å². The lowest BCUT2D eigenvalue weighted by atomic mass is 10.1. The Labute approximate surface area is 145 Å². The lowest BCUT2D eigenvalue weighted by Crippen LogP contribution is -2.32. The van der Waals surface area contributed by atoms with Gasteiger partial charge in [-0.15, -0.1) is 0 Å². The molecule has 0 bridgehead atoms. The summed E-state index contributed by atoms with van der Waals surface area (Å²) >= 11 is 0. The highest BCUT2D eigenvalue weighted by Crippen LogP contribution is 2.21. The number of nitrogens with zero attached hydrogens (tertiary/aromatic N) is 2. The molecule has 128 valence electrons. The van der Waals surface area contributed by atoms with Crippen LogP contribution in [0.5, 0.6) is 0 Å². The molecule has 0 radical (unpaired) electrons. The van der Waals surface area contributed by atoms with Crippen molar-refractivity contribution < 1.29 is 18.0 Å². The summed E-state index contributed by atoms with van der Waals surface area (Å²) in [7, 11) is -3.79. The van der Waals surface area contributed by atoms with Gasteiger partial charge in [0.1, 0.15) is 0 Å². The molecule has 0 saturated carbocycles. The second kappa shape index (κ2) is 6.48. The maximum absolute atomic E-state index is 12.2. The van der Waals surface area contributed by atoms with Crippen molar-refractivity contribution in [1.82, 2.24) is 9.73 Å². The van der Waals surface area contributed by atoms with Gasteiger partial charge in [0.15, 0.2) is 0 Å². The zero-order chi connectivity index (χ0) is 18.0. The van der Waals surface area contributed by atoms with Crippen LogP contribution in [0, 0.1) is 6.92 Å². The van der Waals surface area contributed by atoms with Crippen LogP contribution in [0.3, 0.4) is 0 Å². The van der Waals surface area contributed by atoms with Gasteiger partial charge in [0.2, 0.25) is 0 Å². The van der Waals surface area contributed by atoms with Gasteiger partial charge in [-0.2, -0.15) is 13.5 Å². The molecule has 8 heteroatoms. The number of carbonyl (C=O) groups excluding carboxylic acids is 2. The van der Waals surface area contributed by atoms with Crippen LogP contribution < -0.4 is 4.83 Å². The first-order valence-electron chi connectivity index (χ1n) is 7.45. The Kier molecular flexibility index (Phi) is 4.37. The highest BCUT2D eigenvalue weighted by molar-refractivity contribution is 7.89. The summed E-state index contributed by atoms with van der Waals surface area (Å²) < 4.78 is 24.1. The number of rotatable bonds is 5. The Balaban J connectivity index is 1.66. The molecule has 1 aliphatic rings. The van der Waals surface area contributed by atoms with Crippen molar-refractivity contribution in [3.05, 3.63) is 65.2 Å². The molecule has 3 rings (SSSR count). The zero-order valence-corrected chi connectivity index (χ0v) is 14.2. The van der Waals surface area contributed by atoms with Crippen LogP contribution in [0.25, 0.3) is 0 Å². The lowest BCUT2D eigenvalue weighted by molar-refractivity contribution is 0.0679. The SMILES string of the molecule is Cc1ccc(S(=O)(=O)N/N=C/CN2C(=O)c3ccccc3C2=O)cc1. The number of amides is 2. The largest absolute Gasteiger partial charge is 0.276 e. The Morgan fingerprint density at radius 1 is 1.00 bits per heavy atom. The molecule has 7 nitrogen and oxygen atoms in total. The summed E-state index contributed by atoms with van der Waals surface area (Å²) in [6.45, 7) is 1.73. The second-order valence-electron chi connectivity index (χ2n) is 5.49. The topological polar surface area (TPSA) is 95.9 Å². The van der Waals surface area contributed by atoms with Crippen LogP contribution in [0.1, 0.15) is 26.3 Å². The Bertz CT molecular complexity index is 931. The van der Waals surface area contributed by atoms with E-state index in [1.165, 1.54) is 18.3 Å². The van der Waals surface area contributed by atoms with Gasteiger partial charge in [-0.3, -0.25) is 14.5 Å². The second-order valence-corrected chi connectivity index (χ2v) is 7.15. The maximum Gasteiger partial charge on any atom is 0.276 e. The highest BCUT2D eigenvalue weighted by Gasteiger charge is 2.34. The van der Waals surface area contributed by atoms with E-state index >= 15 is 0 Å². The number of carbonyl (C=O) groups is 2. The van der Waals surface area contributed by atoms with Gasteiger partial charge in [0, 0.05) is 6.21 Å². The first kappa shape index (κ1) is 16.8. The van der Waals surface area contributed by atoms with E-state index in [9.17, 15) is 18.0 Å². The molecule has 25 heavy (non-hydrogen) atoms. The summed E-state index contributed by atoms with van der Waals surface area (Å²) in [5.41, 5.74) is 1.61. The molecule has 2 amide bonds. The third-order valence-corrected chi connectivity index (χ3v) is 4.98. The Morgan fingerprint density at radius 3 is 2.12 bits per heavy atom. The number of nitrogens with one attached hydrogen (secondary N) is 1. The number of hydrogen-bond acceptors (Lipinski definition) is 5. The smallest absolute Gasteiger partial charge is 0.269 e. The number of aryl methyl sites for hydroxylation is 1. The predicted octanol–water partition coefficient (Wildman–Crippen LogP) is 1.56. The number of benzene rings is 2. The van der Waals surface area contributed by atoms with Crippen LogP contribution in [-0.4, -0.2) is 37.9 Å². The van der Waals surface area contributed by atoms with Crippen molar-refractivity contribution in [3.8, 4) is 0 Å². The summed E-state index contributed by atoms with van der Waals surface area (Å²) in [6, 6.07) is 12.8. The van der Waals surface area contributed by atoms with Crippen LogP contribution in [0.2, 0.25) is 0 Å². The summed E-state index contributed by atoms with van der Waals surface area (Å²) in [5.74, 6) is -0.845.